The number of hydrogen-bond acceptors (Lipinski definition) is 4. The number of carbonyl (C=O) groups excluding carboxylic acids is 2. The molecule has 1 saturated heterocycles. The predicted octanol–water partition coefficient (Wildman–Crippen LogP) is 3.38. The highest BCUT2D eigenvalue weighted by Crippen LogP contribution is 2.33. The van der Waals surface area contributed by atoms with E-state index in [1.54, 1.807) is 11.3 Å². The number of cyclic esters (lactones) is 1. The average molecular weight is 325 g/mol. The number of esters is 1. The summed E-state index contributed by atoms with van der Waals surface area (Å²) in [6.45, 7) is 1.12. The van der Waals surface area contributed by atoms with E-state index in [4.69, 9.17) is 4.74 Å². The van der Waals surface area contributed by atoms with Crippen LogP contribution in [0.4, 0.5) is 0 Å². The van der Waals surface area contributed by atoms with Crippen molar-refractivity contribution in [2.45, 2.75) is 19.4 Å². The van der Waals surface area contributed by atoms with Crippen molar-refractivity contribution in [2.24, 2.45) is 0 Å². The monoisotopic (exact) mass is 325 g/mol. The summed E-state index contributed by atoms with van der Waals surface area (Å²) in [5.41, 5.74) is 3.52. The summed E-state index contributed by atoms with van der Waals surface area (Å²) in [5.74, 6) is -0.203. The molecule has 2 aliphatic heterocycles. The van der Waals surface area contributed by atoms with Crippen LogP contribution >= 0.6 is 11.3 Å². The number of thiophene rings is 1. The van der Waals surface area contributed by atoms with Gasteiger partial charge in [-0.1, -0.05) is 6.07 Å². The molecule has 5 heteroatoms. The lowest BCUT2D eigenvalue weighted by Gasteiger charge is -2.14. The van der Waals surface area contributed by atoms with E-state index in [2.05, 4.69) is 11.4 Å². The number of hydrogen-bond donors (Lipinski definition) is 1. The molecule has 0 unspecified atom stereocenters. The highest BCUT2D eigenvalue weighted by Gasteiger charge is 2.21. The Morgan fingerprint density at radius 2 is 2.09 bits per heavy atom. The van der Waals surface area contributed by atoms with Crippen molar-refractivity contribution < 1.29 is 14.3 Å². The van der Waals surface area contributed by atoms with Gasteiger partial charge in [0.15, 0.2) is 0 Å². The molecule has 23 heavy (non-hydrogen) atoms. The lowest BCUT2D eigenvalue weighted by molar-refractivity contribution is -0.118. The highest BCUT2D eigenvalue weighted by molar-refractivity contribution is 7.16. The minimum atomic E-state index is -0.244. The molecule has 0 spiro atoms. The van der Waals surface area contributed by atoms with Crippen LogP contribution in [0.2, 0.25) is 0 Å². The first kappa shape index (κ1) is 14.2. The topological polar surface area (TPSA) is 55.4 Å². The molecule has 0 radical (unpaired) electrons. The van der Waals surface area contributed by atoms with E-state index in [1.807, 2.05) is 30.3 Å². The van der Waals surface area contributed by atoms with E-state index >= 15 is 0 Å². The number of nitrogens with one attached hydrogen (secondary N) is 1. The predicted molar refractivity (Wildman–Crippen MR) is 89.1 cm³/mol. The third kappa shape index (κ3) is 2.68. The summed E-state index contributed by atoms with van der Waals surface area (Å²) in [6, 6.07) is 9.87. The van der Waals surface area contributed by atoms with Gasteiger partial charge in [0.1, 0.15) is 6.61 Å². The van der Waals surface area contributed by atoms with Crippen LogP contribution in [0.25, 0.3) is 16.5 Å². The first-order valence-electron chi connectivity index (χ1n) is 7.60. The normalized spacial score (nSPS) is 18.7. The average Bonchev–Trinajstić information content (AvgIpc) is 3.17. The van der Waals surface area contributed by atoms with Crippen molar-refractivity contribution in [3.8, 4) is 10.4 Å². The molecular formula is C18H15NO3S. The lowest BCUT2D eigenvalue weighted by Crippen LogP contribution is -2.30. The number of ether oxygens (including phenoxy) is 1. The highest BCUT2D eigenvalue weighted by atomic mass is 32.1. The van der Waals surface area contributed by atoms with Crippen LogP contribution in [0.3, 0.4) is 0 Å². The Morgan fingerprint density at radius 1 is 1.17 bits per heavy atom. The number of piperidine rings is 1. The van der Waals surface area contributed by atoms with Gasteiger partial charge in [-0.2, -0.15) is 0 Å². The Bertz CT molecular complexity index is 835. The molecule has 1 aromatic carbocycles. The Morgan fingerprint density at radius 3 is 2.96 bits per heavy atom. The quantitative estimate of drug-likeness (QED) is 0.680. The SMILES string of the molecule is O=C1NCCC/C1=C/c1ccc(-c2ccc3c(c2)COC3=O)s1. The molecule has 0 bridgehead atoms. The van der Waals surface area contributed by atoms with Gasteiger partial charge in [-0.25, -0.2) is 4.79 Å². The van der Waals surface area contributed by atoms with Crippen molar-refractivity contribution in [3.05, 3.63) is 51.9 Å². The Balaban J connectivity index is 1.62. The summed E-state index contributed by atoms with van der Waals surface area (Å²) < 4.78 is 5.04. The van der Waals surface area contributed by atoms with Crippen molar-refractivity contribution in [2.75, 3.05) is 6.54 Å². The molecule has 0 saturated carbocycles. The Labute approximate surface area is 137 Å². The Hall–Kier alpha value is -2.40. The molecule has 1 amide bonds. The van der Waals surface area contributed by atoms with Gasteiger partial charge in [0.2, 0.25) is 5.91 Å². The van der Waals surface area contributed by atoms with E-state index in [1.165, 1.54) is 0 Å². The molecule has 2 aromatic rings. The maximum atomic E-state index is 11.8. The van der Waals surface area contributed by atoms with Crippen molar-refractivity contribution in [3.63, 3.8) is 0 Å². The lowest BCUT2D eigenvalue weighted by atomic mass is 10.0. The van der Waals surface area contributed by atoms with Crippen LogP contribution in [0.5, 0.6) is 0 Å². The third-order valence-corrected chi connectivity index (χ3v) is 5.19. The van der Waals surface area contributed by atoms with E-state index < -0.39 is 0 Å². The second kappa shape index (κ2) is 5.66. The maximum absolute atomic E-state index is 11.8. The van der Waals surface area contributed by atoms with Crippen LogP contribution in [-0.2, 0) is 16.1 Å². The molecule has 0 aliphatic carbocycles. The zero-order valence-corrected chi connectivity index (χ0v) is 13.2. The van der Waals surface area contributed by atoms with Gasteiger partial charge in [0.05, 0.1) is 5.56 Å². The summed E-state index contributed by atoms with van der Waals surface area (Å²) in [5, 5.41) is 2.87. The van der Waals surface area contributed by atoms with Gasteiger partial charge in [0, 0.05) is 27.4 Å². The molecule has 1 N–H and O–H groups in total. The van der Waals surface area contributed by atoms with Crippen LogP contribution < -0.4 is 5.32 Å². The van der Waals surface area contributed by atoms with Gasteiger partial charge in [-0.05, 0) is 48.7 Å². The summed E-state index contributed by atoms with van der Waals surface area (Å²) in [6.07, 6.45) is 3.80. The van der Waals surface area contributed by atoms with Crippen molar-refractivity contribution >= 4 is 29.3 Å². The van der Waals surface area contributed by atoms with Crippen molar-refractivity contribution in [1.29, 1.82) is 0 Å². The molecule has 1 aromatic heterocycles. The van der Waals surface area contributed by atoms with Gasteiger partial charge >= 0.3 is 5.97 Å². The zero-order chi connectivity index (χ0) is 15.8. The standard InChI is InChI=1S/C18H15NO3S/c20-17-12(2-1-7-19-17)9-14-4-6-16(23-14)11-3-5-15-13(8-11)10-22-18(15)21/h3-6,8-9H,1-2,7,10H2,(H,19,20)/b12-9-. The summed E-state index contributed by atoms with van der Waals surface area (Å²) >= 11 is 1.65. The molecule has 0 atom stereocenters. The van der Waals surface area contributed by atoms with Gasteiger partial charge < -0.3 is 10.1 Å². The molecule has 3 heterocycles. The van der Waals surface area contributed by atoms with Crippen LogP contribution in [-0.4, -0.2) is 18.4 Å². The van der Waals surface area contributed by atoms with E-state index in [-0.39, 0.29) is 11.9 Å². The number of fused-ring (bicyclic) bond motifs is 1. The fourth-order valence-corrected chi connectivity index (χ4v) is 3.86. The van der Waals surface area contributed by atoms with Crippen LogP contribution in [0.15, 0.2) is 35.9 Å². The van der Waals surface area contributed by atoms with E-state index in [0.717, 1.165) is 45.8 Å². The maximum Gasteiger partial charge on any atom is 0.338 e. The minimum Gasteiger partial charge on any atom is -0.457 e. The molecule has 116 valence electrons. The molecular weight excluding hydrogens is 310 g/mol. The number of carbonyl (C=O) groups is 2. The van der Waals surface area contributed by atoms with E-state index in [0.29, 0.717) is 12.2 Å². The second-order valence-electron chi connectivity index (χ2n) is 5.68. The van der Waals surface area contributed by atoms with Gasteiger partial charge in [-0.3, -0.25) is 4.79 Å². The third-order valence-electron chi connectivity index (χ3n) is 4.11. The molecule has 2 aliphatic rings. The first-order chi connectivity index (χ1) is 11.2. The largest absolute Gasteiger partial charge is 0.457 e. The van der Waals surface area contributed by atoms with Crippen LogP contribution in [0.1, 0.15) is 33.6 Å². The van der Waals surface area contributed by atoms with Gasteiger partial charge in [0.25, 0.3) is 0 Å². The second-order valence-corrected chi connectivity index (χ2v) is 6.79. The minimum absolute atomic E-state index is 0.0411. The molecule has 1 fully saturated rings. The summed E-state index contributed by atoms with van der Waals surface area (Å²) in [7, 11) is 0. The number of amides is 1. The smallest absolute Gasteiger partial charge is 0.338 e. The van der Waals surface area contributed by atoms with Crippen LogP contribution in [0, 0.1) is 0 Å². The summed E-state index contributed by atoms with van der Waals surface area (Å²) in [4.78, 5) is 25.5. The molecule has 4 nitrogen and oxygen atoms in total. The van der Waals surface area contributed by atoms with Gasteiger partial charge in [-0.15, -0.1) is 11.3 Å². The van der Waals surface area contributed by atoms with Crippen molar-refractivity contribution in [1.82, 2.24) is 5.32 Å². The zero-order valence-electron chi connectivity index (χ0n) is 12.4. The molecule has 4 rings (SSSR count). The Kier molecular flexibility index (Phi) is 3.50. The number of benzene rings is 1. The fourth-order valence-electron chi connectivity index (χ4n) is 2.89. The van der Waals surface area contributed by atoms with E-state index in [9.17, 15) is 9.59 Å². The fraction of sp³-hybridized carbons (Fsp3) is 0.222. The number of rotatable bonds is 2. The first-order valence-corrected chi connectivity index (χ1v) is 8.41.